The van der Waals surface area contributed by atoms with Crippen LogP contribution in [0.1, 0.15) is 15.9 Å². The largest absolute Gasteiger partial charge is 0.325 e. The van der Waals surface area contributed by atoms with Crippen molar-refractivity contribution >= 4 is 16.7 Å². The summed E-state index contributed by atoms with van der Waals surface area (Å²) in [6.45, 7) is -0.115. The minimum atomic E-state index is -0.960. The summed E-state index contributed by atoms with van der Waals surface area (Å²) in [7, 11) is 0. The van der Waals surface area contributed by atoms with Crippen molar-refractivity contribution in [3.63, 3.8) is 0 Å². The number of carbonyl (C=O) groups is 1. The molecule has 5 nitrogen and oxygen atoms in total. The molecule has 1 heterocycles. The summed E-state index contributed by atoms with van der Waals surface area (Å²) < 4.78 is 13.2. The van der Waals surface area contributed by atoms with Gasteiger partial charge in [-0.25, -0.2) is 9.45 Å². The van der Waals surface area contributed by atoms with E-state index < -0.39 is 22.8 Å². The number of halogens is 1. The van der Waals surface area contributed by atoms with E-state index in [0.717, 1.165) is 23.0 Å². The lowest BCUT2D eigenvalue weighted by atomic mass is 10.0. The normalized spacial score (nSPS) is 10.7. The molecule has 0 saturated heterocycles. The second-order valence-corrected chi connectivity index (χ2v) is 5.06. The van der Waals surface area contributed by atoms with E-state index in [9.17, 15) is 19.2 Å². The summed E-state index contributed by atoms with van der Waals surface area (Å²) in [4.78, 5) is 25.9. The summed E-state index contributed by atoms with van der Waals surface area (Å²) in [5, 5.41) is 12.3. The van der Waals surface area contributed by atoms with Crippen LogP contribution in [0, 0.1) is 5.82 Å². The summed E-state index contributed by atoms with van der Waals surface area (Å²) >= 11 is 0. The Labute approximate surface area is 130 Å². The monoisotopic (exact) mass is 312 g/mol. The number of nitrogens with one attached hydrogen (secondary N) is 1. The number of aromatic nitrogens is 1. The fraction of sp³-hybridized carbons (Fsp3) is 0.0588. The van der Waals surface area contributed by atoms with E-state index in [2.05, 4.69) is 4.98 Å². The lowest BCUT2D eigenvalue weighted by Crippen LogP contribution is -2.32. The first kappa shape index (κ1) is 14.9. The Bertz CT molecular complexity index is 931. The van der Waals surface area contributed by atoms with Crippen LogP contribution in [0.15, 0.2) is 59.5 Å². The molecule has 0 bridgehead atoms. The van der Waals surface area contributed by atoms with Gasteiger partial charge in [0.05, 0.1) is 6.54 Å². The molecular weight excluding hydrogens is 299 g/mol. The van der Waals surface area contributed by atoms with Gasteiger partial charge < -0.3 is 4.98 Å². The molecule has 2 N–H and O–H groups in total. The SMILES string of the molecule is O=C(c1cc(F)c[nH]c1=O)N(O)Cc1cccc2ccccc12. The molecule has 0 fully saturated rings. The molecule has 6 heteroatoms. The van der Waals surface area contributed by atoms with E-state index in [0.29, 0.717) is 10.6 Å². The zero-order chi connectivity index (χ0) is 16.4. The molecule has 2 aromatic carbocycles. The van der Waals surface area contributed by atoms with Gasteiger partial charge in [-0.05, 0) is 22.4 Å². The molecule has 0 aliphatic heterocycles. The number of pyridine rings is 1. The lowest BCUT2D eigenvalue weighted by Gasteiger charge is -2.16. The minimum Gasteiger partial charge on any atom is -0.325 e. The Morgan fingerprint density at radius 2 is 1.91 bits per heavy atom. The van der Waals surface area contributed by atoms with Crippen LogP contribution >= 0.6 is 0 Å². The summed E-state index contributed by atoms with van der Waals surface area (Å²) in [6.07, 6.45) is 0.853. The van der Waals surface area contributed by atoms with Gasteiger partial charge in [0, 0.05) is 6.20 Å². The number of carbonyl (C=O) groups excluding carboxylic acids is 1. The number of hydrogen-bond acceptors (Lipinski definition) is 3. The van der Waals surface area contributed by atoms with Gasteiger partial charge in [0.25, 0.3) is 11.5 Å². The van der Waals surface area contributed by atoms with Gasteiger partial charge in [-0.1, -0.05) is 42.5 Å². The smallest absolute Gasteiger partial charge is 0.283 e. The van der Waals surface area contributed by atoms with E-state index >= 15 is 0 Å². The molecule has 0 atom stereocenters. The van der Waals surface area contributed by atoms with Gasteiger partial charge in [-0.15, -0.1) is 0 Å². The van der Waals surface area contributed by atoms with E-state index in [4.69, 9.17) is 0 Å². The van der Waals surface area contributed by atoms with Crippen LogP contribution in [0.2, 0.25) is 0 Å². The zero-order valence-electron chi connectivity index (χ0n) is 12.0. The number of H-pyrrole nitrogens is 1. The quantitative estimate of drug-likeness (QED) is 0.577. The first-order valence-electron chi connectivity index (χ1n) is 6.92. The van der Waals surface area contributed by atoms with Crippen LogP contribution in [0.4, 0.5) is 4.39 Å². The second-order valence-electron chi connectivity index (χ2n) is 5.06. The van der Waals surface area contributed by atoms with Crippen molar-refractivity contribution in [2.75, 3.05) is 0 Å². The van der Waals surface area contributed by atoms with Crippen LogP contribution in [0.3, 0.4) is 0 Å². The molecule has 0 spiro atoms. The maximum atomic E-state index is 13.2. The van der Waals surface area contributed by atoms with Crippen LogP contribution in [-0.2, 0) is 6.54 Å². The third-order valence-corrected chi connectivity index (χ3v) is 3.53. The van der Waals surface area contributed by atoms with Crippen LogP contribution in [0.5, 0.6) is 0 Å². The van der Waals surface area contributed by atoms with Crippen LogP contribution in [0.25, 0.3) is 10.8 Å². The van der Waals surface area contributed by atoms with Gasteiger partial charge in [-0.3, -0.25) is 14.8 Å². The highest BCUT2D eigenvalue weighted by Crippen LogP contribution is 2.20. The van der Waals surface area contributed by atoms with Gasteiger partial charge in [0.1, 0.15) is 11.4 Å². The number of hydrogen-bond donors (Lipinski definition) is 2. The average Bonchev–Trinajstić information content (AvgIpc) is 2.56. The number of fused-ring (bicyclic) bond motifs is 1. The van der Waals surface area contributed by atoms with Crippen LogP contribution in [-0.4, -0.2) is 21.2 Å². The molecule has 0 radical (unpaired) electrons. The summed E-state index contributed by atoms with van der Waals surface area (Å²) in [5.41, 5.74) is -0.493. The van der Waals surface area contributed by atoms with Crippen molar-refractivity contribution in [2.45, 2.75) is 6.54 Å². The third kappa shape index (κ3) is 2.97. The molecule has 0 aliphatic carbocycles. The fourth-order valence-electron chi connectivity index (χ4n) is 2.42. The van der Waals surface area contributed by atoms with Crippen molar-refractivity contribution in [3.05, 3.63) is 82.0 Å². The topological polar surface area (TPSA) is 73.4 Å². The summed E-state index contributed by atoms with van der Waals surface area (Å²) in [5.74, 6) is -1.72. The van der Waals surface area contributed by atoms with E-state index in [1.54, 1.807) is 6.07 Å². The van der Waals surface area contributed by atoms with Crippen LogP contribution < -0.4 is 5.56 Å². The Hall–Kier alpha value is -2.99. The second kappa shape index (κ2) is 6.02. The molecule has 0 aliphatic rings. The summed E-state index contributed by atoms with van der Waals surface area (Å²) in [6, 6.07) is 13.8. The first-order chi connectivity index (χ1) is 11.1. The molecule has 3 aromatic rings. The molecule has 1 amide bonds. The number of amides is 1. The Balaban J connectivity index is 1.91. The van der Waals surface area contributed by atoms with Crippen molar-refractivity contribution in [3.8, 4) is 0 Å². The number of aromatic amines is 1. The number of nitrogens with zero attached hydrogens (tertiary/aromatic N) is 1. The molecule has 116 valence electrons. The Kier molecular flexibility index (Phi) is 3.91. The van der Waals surface area contributed by atoms with Crippen molar-refractivity contribution in [1.29, 1.82) is 0 Å². The molecular formula is C17H13FN2O3. The standard InChI is InChI=1S/C17H13FN2O3/c18-13-8-15(16(21)19-9-13)17(22)20(23)10-12-6-3-5-11-4-1-2-7-14(11)12/h1-9,23H,10H2,(H,19,21). The van der Waals surface area contributed by atoms with E-state index in [1.165, 1.54) is 0 Å². The zero-order valence-corrected chi connectivity index (χ0v) is 12.0. The van der Waals surface area contributed by atoms with Gasteiger partial charge in [0.15, 0.2) is 0 Å². The highest BCUT2D eigenvalue weighted by atomic mass is 19.1. The molecule has 23 heavy (non-hydrogen) atoms. The predicted octanol–water partition coefficient (Wildman–Crippen LogP) is 2.70. The molecule has 0 unspecified atom stereocenters. The maximum absolute atomic E-state index is 13.2. The lowest BCUT2D eigenvalue weighted by molar-refractivity contribution is -0.0647. The first-order valence-corrected chi connectivity index (χ1v) is 6.92. The number of rotatable bonds is 3. The van der Waals surface area contributed by atoms with Gasteiger partial charge in [-0.2, -0.15) is 0 Å². The molecule has 3 rings (SSSR count). The molecule has 0 saturated carbocycles. The third-order valence-electron chi connectivity index (χ3n) is 3.53. The fourth-order valence-corrected chi connectivity index (χ4v) is 2.42. The predicted molar refractivity (Wildman–Crippen MR) is 82.6 cm³/mol. The average molecular weight is 312 g/mol. The van der Waals surface area contributed by atoms with E-state index in [-0.39, 0.29) is 6.54 Å². The van der Waals surface area contributed by atoms with E-state index in [1.807, 2.05) is 36.4 Å². The Morgan fingerprint density at radius 3 is 2.74 bits per heavy atom. The van der Waals surface area contributed by atoms with Gasteiger partial charge in [0.2, 0.25) is 0 Å². The van der Waals surface area contributed by atoms with Crippen molar-refractivity contribution < 1.29 is 14.4 Å². The highest BCUT2D eigenvalue weighted by molar-refractivity contribution is 5.93. The highest BCUT2D eigenvalue weighted by Gasteiger charge is 2.19. The van der Waals surface area contributed by atoms with Gasteiger partial charge >= 0.3 is 0 Å². The maximum Gasteiger partial charge on any atom is 0.283 e. The minimum absolute atomic E-state index is 0.115. The number of benzene rings is 2. The van der Waals surface area contributed by atoms with Crippen molar-refractivity contribution in [1.82, 2.24) is 10.0 Å². The Morgan fingerprint density at radius 1 is 1.17 bits per heavy atom. The number of hydroxylamine groups is 2. The molecule has 1 aromatic heterocycles. The van der Waals surface area contributed by atoms with Crippen molar-refractivity contribution in [2.24, 2.45) is 0 Å².